The van der Waals surface area contributed by atoms with Crippen LogP contribution in [0.15, 0.2) is 24.3 Å². The zero-order valence-corrected chi connectivity index (χ0v) is 9.80. The van der Waals surface area contributed by atoms with Gasteiger partial charge in [0.25, 0.3) is 0 Å². The first-order valence-corrected chi connectivity index (χ1v) is 5.26. The van der Waals surface area contributed by atoms with Crippen LogP contribution in [0.1, 0.15) is 19.4 Å². The molecule has 0 aromatic heterocycles. The average molecular weight is 224 g/mol. The van der Waals surface area contributed by atoms with Crippen LogP contribution in [0.25, 0.3) is 0 Å². The Labute approximate surface area is 95.6 Å². The molecule has 0 atom stereocenters. The minimum Gasteiger partial charge on any atom is -0.376 e. The zero-order chi connectivity index (χ0) is 11.3. The summed E-state index contributed by atoms with van der Waals surface area (Å²) in [4.78, 5) is 0. The van der Waals surface area contributed by atoms with E-state index in [1.807, 2.05) is 38.1 Å². The molecule has 0 saturated carbocycles. The van der Waals surface area contributed by atoms with Crippen molar-refractivity contribution in [3.05, 3.63) is 29.8 Å². The highest BCUT2D eigenvalue weighted by Crippen LogP contribution is 2.10. The molecule has 1 rings (SSSR count). The summed E-state index contributed by atoms with van der Waals surface area (Å²) in [7, 11) is 0. The lowest BCUT2D eigenvalue weighted by atomic mass is 10.2. The first-order valence-electron chi connectivity index (χ1n) is 4.85. The number of thiocarbonyl (C=S) groups is 1. The lowest BCUT2D eigenvalue weighted by molar-refractivity contribution is 0.0657. The third-order valence-electron chi connectivity index (χ3n) is 1.80. The van der Waals surface area contributed by atoms with E-state index in [1.54, 1.807) is 0 Å². The summed E-state index contributed by atoms with van der Waals surface area (Å²) in [6.45, 7) is 4.66. The Kier molecular flexibility index (Phi) is 4.52. The van der Waals surface area contributed by atoms with Crippen LogP contribution in [0, 0.1) is 0 Å². The lowest BCUT2D eigenvalue weighted by Crippen LogP contribution is -2.18. The summed E-state index contributed by atoms with van der Waals surface area (Å²) in [5, 5.41) is 3.14. The minimum absolute atomic E-state index is 0.249. The molecule has 0 heterocycles. The Morgan fingerprint density at radius 3 is 2.47 bits per heavy atom. The van der Waals surface area contributed by atoms with E-state index in [0.29, 0.717) is 6.61 Å². The van der Waals surface area contributed by atoms with Gasteiger partial charge < -0.3 is 15.8 Å². The van der Waals surface area contributed by atoms with Crippen LogP contribution in [-0.2, 0) is 11.3 Å². The lowest BCUT2D eigenvalue weighted by Gasteiger charge is -2.08. The number of rotatable bonds is 4. The van der Waals surface area contributed by atoms with Gasteiger partial charge in [-0.2, -0.15) is 0 Å². The monoisotopic (exact) mass is 224 g/mol. The summed E-state index contributed by atoms with van der Waals surface area (Å²) in [6.07, 6.45) is 0.249. The smallest absolute Gasteiger partial charge is 0.168 e. The number of nitrogens with one attached hydrogen (secondary N) is 1. The Hall–Kier alpha value is -1.13. The van der Waals surface area contributed by atoms with Gasteiger partial charge in [0, 0.05) is 5.69 Å². The maximum atomic E-state index is 5.48. The molecular formula is C11H16N2OS. The zero-order valence-electron chi connectivity index (χ0n) is 8.99. The fourth-order valence-electron chi connectivity index (χ4n) is 1.09. The van der Waals surface area contributed by atoms with E-state index in [0.717, 1.165) is 11.3 Å². The summed E-state index contributed by atoms with van der Waals surface area (Å²) in [6, 6.07) is 7.84. The van der Waals surface area contributed by atoms with Crippen LogP contribution in [0.5, 0.6) is 0 Å². The summed E-state index contributed by atoms with van der Waals surface area (Å²) < 4.78 is 5.48. The van der Waals surface area contributed by atoms with Gasteiger partial charge in [-0.15, -0.1) is 0 Å². The normalized spacial score (nSPS) is 10.3. The highest BCUT2D eigenvalue weighted by atomic mass is 32.1. The van der Waals surface area contributed by atoms with Gasteiger partial charge >= 0.3 is 0 Å². The third-order valence-corrected chi connectivity index (χ3v) is 1.91. The van der Waals surface area contributed by atoms with E-state index in [-0.39, 0.29) is 11.2 Å². The van der Waals surface area contributed by atoms with Gasteiger partial charge in [-0.1, -0.05) is 12.1 Å². The van der Waals surface area contributed by atoms with Gasteiger partial charge in [0.2, 0.25) is 0 Å². The van der Waals surface area contributed by atoms with E-state index < -0.39 is 0 Å². The van der Waals surface area contributed by atoms with E-state index in [4.69, 9.17) is 22.7 Å². The minimum atomic E-state index is 0.249. The molecule has 0 bridgehead atoms. The van der Waals surface area contributed by atoms with Crippen molar-refractivity contribution in [2.45, 2.75) is 26.6 Å². The van der Waals surface area contributed by atoms with Crippen LogP contribution >= 0.6 is 12.2 Å². The first-order chi connectivity index (χ1) is 7.08. The third kappa shape index (κ3) is 4.76. The standard InChI is InChI=1S/C11H16N2OS/c1-8(2)14-7-9-3-5-10(6-4-9)13-11(12)15/h3-6,8H,7H2,1-2H3,(H3,12,13,15). The van der Waals surface area contributed by atoms with Gasteiger partial charge in [0.1, 0.15) is 0 Å². The van der Waals surface area contributed by atoms with Crippen LogP contribution in [-0.4, -0.2) is 11.2 Å². The number of ether oxygens (including phenoxy) is 1. The SMILES string of the molecule is CC(C)OCc1ccc(NC(N)=S)cc1. The number of nitrogens with two attached hydrogens (primary N) is 1. The quantitative estimate of drug-likeness (QED) is 0.770. The number of hydrogen-bond donors (Lipinski definition) is 2. The molecule has 82 valence electrons. The van der Waals surface area contributed by atoms with Crippen LogP contribution in [0.3, 0.4) is 0 Å². The molecule has 15 heavy (non-hydrogen) atoms. The van der Waals surface area contributed by atoms with Crippen LogP contribution < -0.4 is 11.1 Å². The molecule has 1 aromatic carbocycles. The second-order valence-corrected chi connectivity index (χ2v) is 3.99. The highest BCUT2D eigenvalue weighted by molar-refractivity contribution is 7.80. The van der Waals surface area contributed by atoms with Crippen molar-refractivity contribution in [1.29, 1.82) is 0 Å². The molecule has 0 saturated heterocycles. The van der Waals surface area contributed by atoms with Gasteiger partial charge in [0.15, 0.2) is 5.11 Å². The molecule has 1 aromatic rings. The molecule has 0 radical (unpaired) electrons. The molecule has 0 aliphatic rings. The Balaban J connectivity index is 2.52. The predicted molar refractivity (Wildman–Crippen MR) is 66.8 cm³/mol. The van der Waals surface area contributed by atoms with Crippen molar-refractivity contribution in [1.82, 2.24) is 0 Å². The van der Waals surface area contributed by atoms with Crippen LogP contribution in [0.4, 0.5) is 5.69 Å². The molecule has 3 N–H and O–H groups in total. The fraction of sp³-hybridized carbons (Fsp3) is 0.364. The molecule has 0 fully saturated rings. The number of hydrogen-bond acceptors (Lipinski definition) is 2. The number of benzene rings is 1. The molecule has 0 unspecified atom stereocenters. The first kappa shape index (κ1) is 11.9. The van der Waals surface area contributed by atoms with Gasteiger partial charge in [0.05, 0.1) is 12.7 Å². The van der Waals surface area contributed by atoms with E-state index in [2.05, 4.69) is 5.32 Å². The molecule has 3 nitrogen and oxygen atoms in total. The largest absolute Gasteiger partial charge is 0.376 e. The fourth-order valence-corrected chi connectivity index (χ4v) is 1.21. The Morgan fingerprint density at radius 1 is 1.40 bits per heavy atom. The van der Waals surface area contributed by atoms with Crippen molar-refractivity contribution >= 4 is 23.0 Å². The van der Waals surface area contributed by atoms with Gasteiger partial charge in [-0.25, -0.2) is 0 Å². The van der Waals surface area contributed by atoms with Gasteiger partial charge in [-0.3, -0.25) is 0 Å². The number of anilines is 1. The molecule has 0 aliphatic heterocycles. The summed E-state index contributed by atoms with van der Waals surface area (Å²) in [5.74, 6) is 0. The summed E-state index contributed by atoms with van der Waals surface area (Å²) in [5.41, 5.74) is 7.39. The molecule has 0 amide bonds. The Morgan fingerprint density at radius 2 is 2.00 bits per heavy atom. The van der Waals surface area contributed by atoms with E-state index in [9.17, 15) is 0 Å². The predicted octanol–water partition coefficient (Wildman–Crippen LogP) is 2.27. The summed E-state index contributed by atoms with van der Waals surface area (Å²) >= 11 is 4.74. The van der Waals surface area contributed by atoms with Gasteiger partial charge in [-0.05, 0) is 43.8 Å². The van der Waals surface area contributed by atoms with Crippen molar-refractivity contribution < 1.29 is 4.74 Å². The van der Waals surface area contributed by atoms with Crippen molar-refractivity contribution in [2.24, 2.45) is 5.73 Å². The van der Waals surface area contributed by atoms with E-state index in [1.165, 1.54) is 0 Å². The highest BCUT2D eigenvalue weighted by Gasteiger charge is 1.97. The molecule has 4 heteroatoms. The Bertz CT molecular complexity index is 322. The van der Waals surface area contributed by atoms with E-state index >= 15 is 0 Å². The average Bonchev–Trinajstić information content (AvgIpc) is 2.16. The molecule has 0 aliphatic carbocycles. The van der Waals surface area contributed by atoms with Crippen LogP contribution in [0.2, 0.25) is 0 Å². The second-order valence-electron chi connectivity index (χ2n) is 3.55. The maximum absolute atomic E-state index is 5.48. The topological polar surface area (TPSA) is 47.3 Å². The second kappa shape index (κ2) is 5.68. The van der Waals surface area contributed by atoms with Crippen molar-refractivity contribution in [2.75, 3.05) is 5.32 Å². The van der Waals surface area contributed by atoms with Crippen molar-refractivity contribution in [3.8, 4) is 0 Å². The molecular weight excluding hydrogens is 208 g/mol. The van der Waals surface area contributed by atoms with Crippen molar-refractivity contribution in [3.63, 3.8) is 0 Å². The maximum Gasteiger partial charge on any atom is 0.168 e. The molecule has 0 spiro atoms.